The molecule has 1 rings (SSSR count). The number of hydrogen-bond acceptors (Lipinski definition) is 3. The molecule has 0 saturated carbocycles. The maximum Gasteiger partial charge on any atom is 0.0860 e. The molecular weight excluding hydrogens is 268 g/mol. The summed E-state index contributed by atoms with van der Waals surface area (Å²) in [5.41, 5.74) is 7.46. The third-order valence-electron chi connectivity index (χ3n) is 2.99. The fraction of sp³-hybridized carbons (Fsp3) is 0.667. The van der Waals surface area contributed by atoms with E-state index in [2.05, 4.69) is 23.8 Å². The Kier molecular flexibility index (Phi) is 5.56. The van der Waals surface area contributed by atoms with Gasteiger partial charge in [-0.3, -0.25) is 9.58 Å². The Morgan fingerprint density at radius 2 is 2.17 bits per heavy atom. The number of halogens is 1. The van der Waals surface area contributed by atoms with Crippen LogP contribution >= 0.6 is 23.8 Å². The molecular formula is C12H21ClN4S. The zero-order valence-electron chi connectivity index (χ0n) is 11.4. The fourth-order valence-electron chi connectivity index (χ4n) is 1.82. The van der Waals surface area contributed by atoms with Gasteiger partial charge in [0.05, 0.1) is 21.4 Å². The zero-order valence-corrected chi connectivity index (χ0v) is 13.0. The van der Waals surface area contributed by atoms with Crippen LogP contribution < -0.4 is 5.73 Å². The lowest BCUT2D eigenvalue weighted by Gasteiger charge is -2.26. The molecule has 4 nitrogen and oxygen atoms in total. The van der Waals surface area contributed by atoms with Crippen LogP contribution in [0.3, 0.4) is 0 Å². The highest BCUT2D eigenvalue weighted by Crippen LogP contribution is 2.21. The predicted octanol–water partition coefficient (Wildman–Crippen LogP) is 2.27. The molecule has 0 spiro atoms. The number of hydrogen-bond donors (Lipinski definition) is 1. The average Bonchev–Trinajstić information content (AvgIpc) is 2.49. The van der Waals surface area contributed by atoms with Crippen LogP contribution in [0.15, 0.2) is 0 Å². The van der Waals surface area contributed by atoms with Crippen LogP contribution in [0.2, 0.25) is 5.02 Å². The molecule has 0 aliphatic carbocycles. The summed E-state index contributed by atoms with van der Waals surface area (Å²) in [5.74, 6) is 0. The van der Waals surface area contributed by atoms with E-state index in [-0.39, 0.29) is 0 Å². The Bertz CT molecular complexity index is 428. The lowest BCUT2D eigenvalue weighted by atomic mass is 10.2. The average molecular weight is 289 g/mol. The van der Waals surface area contributed by atoms with Crippen molar-refractivity contribution in [1.82, 2.24) is 14.7 Å². The minimum Gasteiger partial charge on any atom is -0.393 e. The number of rotatable bonds is 6. The van der Waals surface area contributed by atoms with E-state index in [0.29, 0.717) is 11.0 Å². The summed E-state index contributed by atoms with van der Waals surface area (Å²) in [4.78, 5) is 2.84. The molecule has 6 heteroatoms. The highest BCUT2D eigenvalue weighted by Gasteiger charge is 2.17. The molecule has 0 radical (unpaired) electrons. The lowest BCUT2D eigenvalue weighted by molar-refractivity contribution is 0.214. The molecule has 102 valence electrons. The van der Waals surface area contributed by atoms with Crippen LogP contribution in [-0.2, 0) is 13.6 Å². The summed E-state index contributed by atoms with van der Waals surface area (Å²) in [6, 6.07) is 0.408. The van der Waals surface area contributed by atoms with Crippen molar-refractivity contribution in [3.05, 3.63) is 16.4 Å². The van der Waals surface area contributed by atoms with Crippen LogP contribution in [0.4, 0.5) is 0 Å². The molecule has 0 saturated heterocycles. The second-order valence-electron chi connectivity index (χ2n) is 4.75. The highest BCUT2D eigenvalue weighted by molar-refractivity contribution is 7.80. The van der Waals surface area contributed by atoms with Gasteiger partial charge in [-0.1, -0.05) is 23.8 Å². The minimum atomic E-state index is 0.408. The van der Waals surface area contributed by atoms with Gasteiger partial charge in [-0.2, -0.15) is 5.10 Å². The van der Waals surface area contributed by atoms with Gasteiger partial charge in [0.2, 0.25) is 0 Å². The van der Waals surface area contributed by atoms with E-state index >= 15 is 0 Å². The van der Waals surface area contributed by atoms with Crippen molar-refractivity contribution in [2.45, 2.75) is 39.8 Å². The first kappa shape index (κ1) is 15.4. The summed E-state index contributed by atoms with van der Waals surface area (Å²) < 4.78 is 1.84. The van der Waals surface area contributed by atoms with E-state index in [1.165, 1.54) is 0 Å². The van der Waals surface area contributed by atoms with Crippen LogP contribution in [0.1, 0.15) is 31.7 Å². The van der Waals surface area contributed by atoms with E-state index < -0.39 is 0 Å². The molecule has 0 aliphatic heterocycles. The monoisotopic (exact) mass is 288 g/mol. The number of nitrogens with zero attached hydrogens (tertiary/aromatic N) is 3. The lowest BCUT2D eigenvalue weighted by Crippen LogP contribution is -2.34. The maximum atomic E-state index is 6.27. The minimum absolute atomic E-state index is 0.408. The molecule has 1 aromatic heterocycles. The molecule has 1 heterocycles. The largest absolute Gasteiger partial charge is 0.393 e. The molecule has 2 N–H and O–H groups in total. The molecule has 0 fully saturated rings. The quantitative estimate of drug-likeness (QED) is 0.816. The number of thiocarbonyl (C=S) groups is 1. The second kappa shape index (κ2) is 6.50. The number of nitrogens with two attached hydrogens (primary N) is 1. The van der Waals surface area contributed by atoms with Gasteiger partial charge in [-0.15, -0.1) is 0 Å². The topological polar surface area (TPSA) is 47.1 Å². The van der Waals surface area contributed by atoms with Crippen molar-refractivity contribution in [3.63, 3.8) is 0 Å². The smallest absolute Gasteiger partial charge is 0.0860 e. The van der Waals surface area contributed by atoms with Gasteiger partial charge in [-0.05, 0) is 20.8 Å². The molecule has 0 aromatic carbocycles. The summed E-state index contributed by atoms with van der Waals surface area (Å²) in [6.07, 6.45) is 0.724. The Balaban J connectivity index is 2.80. The van der Waals surface area contributed by atoms with Gasteiger partial charge in [0.1, 0.15) is 0 Å². The van der Waals surface area contributed by atoms with Gasteiger partial charge < -0.3 is 5.73 Å². The standard InChI is InChI=1S/C12H21ClN4S/c1-8(2)17(6-5-11(14)18)7-10-12(13)9(3)15-16(10)4/h8H,5-7H2,1-4H3,(H2,14,18). The Labute approximate surface area is 119 Å². The van der Waals surface area contributed by atoms with Crippen LogP contribution in [0.5, 0.6) is 0 Å². The van der Waals surface area contributed by atoms with Crippen molar-refractivity contribution < 1.29 is 0 Å². The molecule has 1 aromatic rings. The predicted molar refractivity (Wildman–Crippen MR) is 79.9 cm³/mol. The van der Waals surface area contributed by atoms with Crippen molar-refractivity contribution >= 4 is 28.8 Å². The zero-order chi connectivity index (χ0) is 13.9. The summed E-state index contributed by atoms with van der Waals surface area (Å²) in [7, 11) is 1.92. The van der Waals surface area contributed by atoms with E-state index in [4.69, 9.17) is 29.6 Å². The van der Waals surface area contributed by atoms with Gasteiger partial charge in [-0.25, -0.2) is 0 Å². The van der Waals surface area contributed by atoms with Crippen molar-refractivity contribution in [3.8, 4) is 0 Å². The number of aromatic nitrogens is 2. The van der Waals surface area contributed by atoms with Crippen LogP contribution in [0.25, 0.3) is 0 Å². The van der Waals surface area contributed by atoms with Gasteiger partial charge >= 0.3 is 0 Å². The van der Waals surface area contributed by atoms with E-state index in [9.17, 15) is 0 Å². The summed E-state index contributed by atoms with van der Waals surface area (Å²) in [5, 5.41) is 5.07. The normalized spacial score (nSPS) is 11.5. The highest BCUT2D eigenvalue weighted by atomic mass is 35.5. The molecule has 0 atom stereocenters. The molecule has 0 amide bonds. The van der Waals surface area contributed by atoms with Gasteiger partial charge in [0, 0.05) is 32.6 Å². The fourth-order valence-corrected chi connectivity index (χ4v) is 2.13. The van der Waals surface area contributed by atoms with E-state index in [1.54, 1.807) is 0 Å². The maximum absolute atomic E-state index is 6.27. The summed E-state index contributed by atoms with van der Waals surface area (Å²) >= 11 is 11.2. The second-order valence-corrected chi connectivity index (χ2v) is 5.65. The molecule has 18 heavy (non-hydrogen) atoms. The SMILES string of the molecule is Cc1nn(C)c(CN(CCC(N)=S)C(C)C)c1Cl. The first-order chi connectivity index (χ1) is 8.32. The van der Waals surface area contributed by atoms with Gasteiger partial charge in [0.15, 0.2) is 0 Å². The Morgan fingerprint density at radius 1 is 1.56 bits per heavy atom. The first-order valence-electron chi connectivity index (χ1n) is 6.03. The first-order valence-corrected chi connectivity index (χ1v) is 6.81. The van der Waals surface area contributed by atoms with Crippen molar-refractivity contribution in [2.24, 2.45) is 12.8 Å². The molecule has 0 unspecified atom stereocenters. The van der Waals surface area contributed by atoms with Crippen molar-refractivity contribution in [2.75, 3.05) is 6.54 Å². The Hall–Kier alpha value is -0.650. The van der Waals surface area contributed by atoms with E-state index in [0.717, 1.165) is 35.9 Å². The third kappa shape index (κ3) is 3.93. The molecule has 0 bridgehead atoms. The van der Waals surface area contributed by atoms with Crippen molar-refractivity contribution in [1.29, 1.82) is 0 Å². The van der Waals surface area contributed by atoms with Gasteiger partial charge in [0.25, 0.3) is 0 Å². The Morgan fingerprint density at radius 3 is 2.56 bits per heavy atom. The van der Waals surface area contributed by atoms with Crippen LogP contribution in [-0.4, -0.2) is 32.3 Å². The summed E-state index contributed by atoms with van der Waals surface area (Å²) in [6.45, 7) is 7.82. The van der Waals surface area contributed by atoms with E-state index in [1.807, 2.05) is 18.7 Å². The number of aryl methyl sites for hydroxylation is 2. The molecule has 0 aliphatic rings. The third-order valence-corrected chi connectivity index (χ3v) is 3.69. The van der Waals surface area contributed by atoms with Crippen LogP contribution in [0, 0.1) is 6.92 Å².